The minimum Gasteiger partial charge on any atom is -0.428 e. The van der Waals surface area contributed by atoms with Crippen molar-refractivity contribution in [2.75, 3.05) is 5.75 Å². The maximum atomic E-state index is 13.3. The summed E-state index contributed by atoms with van der Waals surface area (Å²) in [5, 5.41) is 0.396. The van der Waals surface area contributed by atoms with Crippen LogP contribution in [0.3, 0.4) is 0 Å². The molecule has 1 atom stereocenters. The molecule has 1 aliphatic heterocycles. The topological polar surface area (TPSA) is 107 Å². The van der Waals surface area contributed by atoms with E-state index >= 15 is 0 Å². The number of hydrogen-bond acceptors (Lipinski definition) is 7. The van der Waals surface area contributed by atoms with Crippen molar-refractivity contribution in [3.8, 4) is 0 Å². The minimum absolute atomic E-state index is 0.0584. The third kappa shape index (κ3) is 8.83. The van der Waals surface area contributed by atoms with E-state index in [0.29, 0.717) is 11.5 Å². The SMILES string of the molecule is Cc1ccc(C(CCCCCCC(CS(=O)(=O)c2ccc(C)cc2)OC(=O)ON2C(=O)CCC2=O)(c2ccccc2)c2ccccc2)cc1. The molecule has 1 fully saturated rings. The monoisotopic (exact) mass is 681 g/mol. The van der Waals surface area contributed by atoms with Crippen LogP contribution in [0.1, 0.15) is 79.2 Å². The third-order valence-electron chi connectivity index (χ3n) is 9.13. The first-order chi connectivity index (χ1) is 23.6. The number of ether oxygens (including phenoxy) is 1. The van der Waals surface area contributed by atoms with Crippen LogP contribution in [0.4, 0.5) is 4.79 Å². The number of aryl methyl sites for hydroxylation is 2. The molecule has 1 unspecified atom stereocenters. The Bertz CT molecular complexity index is 1770. The number of nitrogens with zero attached hydrogens (tertiary/aromatic N) is 1. The Balaban J connectivity index is 1.27. The van der Waals surface area contributed by atoms with Crippen molar-refractivity contribution in [1.29, 1.82) is 0 Å². The number of benzene rings is 4. The summed E-state index contributed by atoms with van der Waals surface area (Å²) in [6.07, 6.45) is 1.83. The second-order valence-corrected chi connectivity index (χ2v) is 14.7. The van der Waals surface area contributed by atoms with E-state index < -0.39 is 39.7 Å². The number of amides is 2. The van der Waals surface area contributed by atoms with Crippen LogP contribution in [0.5, 0.6) is 0 Å². The summed E-state index contributed by atoms with van der Waals surface area (Å²) in [5.41, 5.74) is 5.40. The van der Waals surface area contributed by atoms with Crippen LogP contribution in [-0.2, 0) is 34.4 Å². The number of carbonyl (C=O) groups is 3. The summed E-state index contributed by atoms with van der Waals surface area (Å²) in [5.74, 6) is -1.73. The van der Waals surface area contributed by atoms with Gasteiger partial charge in [-0.15, -0.1) is 0 Å². The highest BCUT2D eigenvalue weighted by Gasteiger charge is 2.36. The van der Waals surface area contributed by atoms with Gasteiger partial charge in [0.2, 0.25) is 0 Å². The Kier molecular flexibility index (Phi) is 11.7. The zero-order valence-electron chi connectivity index (χ0n) is 28.0. The quantitative estimate of drug-likeness (QED) is 0.0541. The van der Waals surface area contributed by atoms with Gasteiger partial charge < -0.3 is 4.74 Å². The van der Waals surface area contributed by atoms with E-state index in [-0.39, 0.29) is 29.6 Å². The van der Waals surface area contributed by atoms with Gasteiger partial charge in [0.1, 0.15) is 6.10 Å². The molecule has 256 valence electrons. The average Bonchev–Trinajstić information content (AvgIpc) is 3.41. The number of carbonyl (C=O) groups excluding carboxylic acids is 3. The number of unbranched alkanes of at least 4 members (excludes halogenated alkanes) is 3. The first-order valence-electron chi connectivity index (χ1n) is 16.8. The van der Waals surface area contributed by atoms with E-state index in [4.69, 9.17) is 9.57 Å². The van der Waals surface area contributed by atoms with Gasteiger partial charge in [-0.1, -0.05) is 133 Å². The molecule has 0 spiro atoms. The zero-order chi connectivity index (χ0) is 34.9. The fraction of sp³-hybridized carbons (Fsp3) is 0.325. The first-order valence-corrected chi connectivity index (χ1v) is 18.5. The van der Waals surface area contributed by atoms with Crippen molar-refractivity contribution in [3.63, 3.8) is 0 Å². The van der Waals surface area contributed by atoms with Gasteiger partial charge in [-0.25, -0.2) is 13.2 Å². The van der Waals surface area contributed by atoms with Crippen LogP contribution in [0.25, 0.3) is 0 Å². The van der Waals surface area contributed by atoms with Gasteiger partial charge in [-0.05, 0) is 61.9 Å². The first kappa shape index (κ1) is 35.5. The second-order valence-electron chi connectivity index (χ2n) is 12.7. The van der Waals surface area contributed by atoms with Crippen LogP contribution in [-0.4, -0.2) is 43.3 Å². The molecule has 2 amide bonds. The summed E-state index contributed by atoms with van der Waals surface area (Å²) in [6.45, 7) is 3.95. The van der Waals surface area contributed by atoms with Gasteiger partial charge in [0.05, 0.1) is 10.6 Å². The molecule has 0 radical (unpaired) electrons. The Hall–Kier alpha value is -4.76. The van der Waals surface area contributed by atoms with Crippen molar-refractivity contribution >= 4 is 27.8 Å². The van der Waals surface area contributed by atoms with Gasteiger partial charge in [-0.3, -0.25) is 14.4 Å². The molecular weight excluding hydrogens is 639 g/mol. The molecule has 5 rings (SSSR count). The Morgan fingerprint density at radius 3 is 1.73 bits per heavy atom. The fourth-order valence-electron chi connectivity index (χ4n) is 6.48. The van der Waals surface area contributed by atoms with Gasteiger partial charge in [-0.2, -0.15) is 0 Å². The molecule has 1 heterocycles. The van der Waals surface area contributed by atoms with Crippen LogP contribution in [0, 0.1) is 13.8 Å². The van der Waals surface area contributed by atoms with Crippen LogP contribution < -0.4 is 0 Å². The highest BCUT2D eigenvalue weighted by atomic mass is 32.2. The smallest absolute Gasteiger partial charge is 0.428 e. The lowest BCUT2D eigenvalue weighted by Gasteiger charge is -2.36. The van der Waals surface area contributed by atoms with E-state index in [0.717, 1.165) is 31.2 Å². The van der Waals surface area contributed by atoms with Gasteiger partial charge in [0, 0.05) is 18.3 Å². The fourth-order valence-corrected chi connectivity index (χ4v) is 7.95. The summed E-state index contributed by atoms with van der Waals surface area (Å²) in [4.78, 5) is 41.6. The summed E-state index contributed by atoms with van der Waals surface area (Å²) < 4.78 is 32.1. The van der Waals surface area contributed by atoms with Gasteiger partial charge >= 0.3 is 6.16 Å². The molecule has 4 aromatic rings. The van der Waals surface area contributed by atoms with Crippen molar-refractivity contribution in [3.05, 3.63) is 137 Å². The molecule has 0 aliphatic carbocycles. The van der Waals surface area contributed by atoms with E-state index in [1.165, 1.54) is 34.4 Å². The Morgan fingerprint density at radius 1 is 0.694 bits per heavy atom. The number of sulfone groups is 1. The van der Waals surface area contributed by atoms with Crippen LogP contribution in [0.2, 0.25) is 0 Å². The highest BCUT2D eigenvalue weighted by molar-refractivity contribution is 7.91. The summed E-state index contributed by atoms with van der Waals surface area (Å²) in [6, 6.07) is 36.3. The van der Waals surface area contributed by atoms with E-state index in [1.807, 2.05) is 19.1 Å². The van der Waals surface area contributed by atoms with Gasteiger partial charge in [0.15, 0.2) is 9.84 Å². The minimum atomic E-state index is -3.81. The normalized spacial score (nSPS) is 14.1. The van der Waals surface area contributed by atoms with E-state index in [2.05, 4.69) is 79.7 Å². The Labute approximate surface area is 288 Å². The molecule has 49 heavy (non-hydrogen) atoms. The predicted octanol–water partition coefficient (Wildman–Crippen LogP) is 8.04. The molecule has 0 saturated carbocycles. The molecular formula is C40H43NO7S. The molecule has 9 heteroatoms. The number of hydroxylamine groups is 2. The molecule has 0 bridgehead atoms. The van der Waals surface area contributed by atoms with Crippen LogP contribution in [0.15, 0.2) is 114 Å². The van der Waals surface area contributed by atoms with Crippen molar-refractivity contribution in [1.82, 2.24) is 5.06 Å². The zero-order valence-corrected chi connectivity index (χ0v) is 28.9. The molecule has 4 aromatic carbocycles. The maximum absolute atomic E-state index is 13.3. The highest BCUT2D eigenvalue weighted by Crippen LogP contribution is 2.43. The lowest BCUT2D eigenvalue weighted by molar-refractivity contribution is -0.178. The molecule has 0 N–H and O–H groups in total. The lowest BCUT2D eigenvalue weighted by atomic mass is 9.66. The van der Waals surface area contributed by atoms with E-state index in [1.54, 1.807) is 12.1 Å². The summed E-state index contributed by atoms with van der Waals surface area (Å²) >= 11 is 0. The second kappa shape index (κ2) is 16.1. The standard InChI is InChI=1S/C40H43NO7S/c1-30-18-22-34(23-19-30)40(32-13-7-5-8-14-32,33-15-9-6-10-16-33)28-12-4-3-11-17-35(29-49(45,46)36-24-20-31(2)21-25-36)47-39(44)48-41-37(42)26-27-38(41)43/h5-10,13-16,18-25,35H,3-4,11-12,17,26-29H2,1-2H3. The number of rotatable bonds is 15. The van der Waals surface area contributed by atoms with Crippen molar-refractivity contribution in [2.45, 2.75) is 81.6 Å². The maximum Gasteiger partial charge on any atom is 0.534 e. The Morgan fingerprint density at radius 2 is 1.18 bits per heavy atom. The number of imide groups is 1. The largest absolute Gasteiger partial charge is 0.534 e. The lowest BCUT2D eigenvalue weighted by Crippen LogP contribution is -2.35. The third-order valence-corrected chi connectivity index (χ3v) is 10.9. The molecule has 1 aliphatic rings. The number of hydrogen-bond donors (Lipinski definition) is 0. The van der Waals surface area contributed by atoms with Gasteiger partial charge in [0.25, 0.3) is 11.8 Å². The van der Waals surface area contributed by atoms with Crippen molar-refractivity contribution in [2.24, 2.45) is 0 Å². The predicted molar refractivity (Wildman–Crippen MR) is 187 cm³/mol. The van der Waals surface area contributed by atoms with Crippen LogP contribution >= 0.6 is 0 Å². The van der Waals surface area contributed by atoms with E-state index in [9.17, 15) is 22.8 Å². The average molecular weight is 682 g/mol. The van der Waals surface area contributed by atoms with Crippen molar-refractivity contribution < 1.29 is 32.4 Å². The molecule has 0 aromatic heterocycles. The molecule has 1 saturated heterocycles. The summed E-state index contributed by atoms with van der Waals surface area (Å²) in [7, 11) is -3.81. The molecule has 8 nitrogen and oxygen atoms in total.